The standard InChI is InChI=1S/C17H24N2OS/c1-12(13-10-11-13)18-17(20)19-15-8-4-5-9-16(15)21-14-6-2-3-7-14/h4-5,8-9,12-14H,2-3,6-7,10-11H2,1H3,(H2,18,19,20). The van der Waals surface area contributed by atoms with E-state index in [9.17, 15) is 4.79 Å². The van der Waals surface area contributed by atoms with Crippen LogP contribution in [0.1, 0.15) is 45.4 Å². The van der Waals surface area contributed by atoms with Gasteiger partial charge in [0.2, 0.25) is 0 Å². The lowest BCUT2D eigenvalue weighted by molar-refractivity contribution is 0.248. The third-order valence-corrected chi connectivity index (χ3v) is 5.83. The van der Waals surface area contributed by atoms with E-state index in [1.54, 1.807) is 0 Å². The number of rotatable bonds is 5. The number of para-hydroxylation sites is 1. The van der Waals surface area contributed by atoms with Gasteiger partial charge in [0.05, 0.1) is 5.69 Å². The van der Waals surface area contributed by atoms with E-state index >= 15 is 0 Å². The lowest BCUT2D eigenvalue weighted by atomic mass is 10.2. The highest BCUT2D eigenvalue weighted by molar-refractivity contribution is 8.00. The second kappa shape index (κ2) is 6.73. The molecule has 0 bridgehead atoms. The molecule has 0 spiro atoms. The average molecular weight is 304 g/mol. The first kappa shape index (κ1) is 14.8. The Labute approximate surface area is 131 Å². The Morgan fingerprint density at radius 1 is 1.19 bits per heavy atom. The first-order valence-corrected chi connectivity index (χ1v) is 8.93. The van der Waals surface area contributed by atoms with Gasteiger partial charge in [-0.1, -0.05) is 25.0 Å². The highest BCUT2D eigenvalue weighted by Gasteiger charge is 2.29. The van der Waals surface area contributed by atoms with Crippen LogP contribution in [0.3, 0.4) is 0 Å². The Morgan fingerprint density at radius 2 is 1.90 bits per heavy atom. The number of thioether (sulfide) groups is 1. The summed E-state index contributed by atoms with van der Waals surface area (Å²) in [7, 11) is 0. The van der Waals surface area contributed by atoms with Crippen molar-refractivity contribution in [3.63, 3.8) is 0 Å². The summed E-state index contributed by atoms with van der Waals surface area (Å²) in [6, 6.07) is 8.35. The number of carbonyl (C=O) groups is 1. The van der Waals surface area contributed by atoms with Crippen molar-refractivity contribution in [2.75, 3.05) is 5.32 Å². The van der Waals surface area contributed by atoms with Crippen molar-refractivity contribution in [2.45, 2.75) is 61.6 Å². The van der Waals surface area contributed by atoms with Crippen LogP contribution in [0, 0.1) is 5.92 Å². The predicted octanol–water partition coefficient (Wildman–Crippen LogP) is 4.64. The van der Waals surface area contributed by atoms with Gasteiger partial charge in [-0.25, -0.2) is 4.79 Å². The Morgan fingerprint density at radius 3 is 2.62 bits per heavy atom. The minimum atomic E-state index is -0.0751. The highest BCUT2D eigenvalue weighted by atomic mass is 32.2. The summed E-state index contributed by atoms with van der Waals surface area (Å²) in [5.41, 5.74) is 0.940. The number of urea groups is 1. The molecular formula is C17H24N2OS. The topological polar surface area (TPSA) is 41.1 Å². The lowest BCUT2D eigenvalue weighted by Gasteiger charge is -2.17. The molecule has 2 N–H and O–H groups in total. The van der Waals surface area contributed by atoms with Gasteiger partial charge in [-0.15, -0.1) is 11.8 Å². The molecule has 0 saturated heterocycles. The number of hydrogen-bond donors (Lipinski definition) is 2. The number of hydrogen-bond acceptors (Lipinski definition) is 2. The third kappa shape index (κ3) is 4.16. The Kier molecular flexibility index (Phi) is 4.73. The summed E-state index contributed by atoms with van der Waals surface area (Å²) in [5, 5.41) is 6.79. The second-order valence-corrected chi connectivity index (χ2v) is 7.59. The maximum Gasteiger partial charge on any atom is 0.319 e. The molecule has 2 fully saturated rings. The molecule has 1 atom stereocenters. The van der Waals surface area contributed by atoms with Gasteiger partial charge in [-0.2, -0.15) is 0 Å². The van der Waals surface area contributed by atoms with Gasteiger partial charge in [0.1, 0.15) is 0 Å². The zero-order chi connectivity index (χ0) is 14.7. The number of anilines is 1. The zero-order valence-electron chi connectivity index (χ0n) is 12.6. The van der Waals surface area contributed by atoms with E-state index in [4.69, 9.17) is 0 Å². The van der Waals surface area contributed by atoms with Gasteiger partial charge in [0.25, 0.3) is 0 Å². The van der Waals surface area contributed by atoms with Crippen molar-refractivity contribution in [1.29, 1.82) is 0 Å². The minimum Gasteiger partial charge on any atom is -0.335 e. The smallest absolute Gasteiger partial charge is 0.319 e. The summed E-state index contributed by atoms with van der Waals surface area (Å²) >= 11 is 1.91. The van der Waals surface area contributed by atoms with Crippen LogP contribution in [0.5, 0.6) is 0 Å². The molecule has 3 nitrogen and oxygen atoms in total. The third-order valence-electron chi connectivity index (χ3n) is 4.42. The van der Waals surface area contributed by atoms with E-state index in [2.05, 4.69) is 23.6 Å². The van der Waals surface area contributed by atoms with E-state index in [1.165, 1.54) is 43.4 Å². The number of benzene rings is 1. The molecular weight excluding hydrogens is 280 g/mol. The summed E-state index contributed by atoms with van der Waals surface area (Å²) in [4.78, 5) is 13.3. The summed E-state index contributed by atoms with van der Waals surface area (Å²) in [6.45, 7) is 2.09. The fourth-order valence-electron chi connectivity index (χ4n) is 2.94. The van der Waals surface area contributed by atoms with E-state index in [-0.39, 0.29) is 12.1 Å². The predicted molar refractivity (Wildman–Crippen MR) is 88.9 cm³/mol. The molecule has 0 aliphatic heterocycles. The largest absolute Gasteiger partial charge is 0.335 e. The van der Waals surface area contributed by atoms with Gasteiger partial charge < -0.3 is 10.6 Å². The van der Waals surface area contributed by atoms with Crippen molar-refractivity contribution in [1.82, 2.24) is 5.32 Å². The van der Waals surface area contributed by atoms with Gasteiger partial charge >= 0.3 is 6.03 Å². The van der Waals surface area contributed by atoms with Crippen LogP contribution in [0.15, 0.2) is 29.2 Å². The molecule has 0 radical (unpaired) electrons. The van der Waals surface area contributed by atoms with Crippen LogP contribution in [0.4, 0.5) is 10.5 Å². The average Bonchev–Trinajstić information content (AvgIpc) is 3.20. The molecule has 0 aromatic heterocycles. The molecule has 21 heavy (non-hydrogen) atoms. The van der Waals surface area contributed by atoms with Crippen LogP contribution in [0.25, 0.3) is 0 Å². The first-order valence-electron chi connectivity index (χ1n) is 8.05. The first-order chi connectivity index (χ1) is 10.2. The maximum absolute atomic E-state index is 12.1. The van der Waals surface area contributed by atoms with Crippen LogP contribution in [-0.2, 0) is 0 Å². The SMILES string of the molecule is CC(NC(=O)Nc1ccccc1SC1CCCC1)C1CC1. The monoisotopic (exact) mass is 304 g/mol. The van der Waals surface area contributed by atoms with Gasteiger partial charge in [0, 0.05) is 16.2 Å². The lowest BCUT2D eigenvalue weighted by Crippen LogP contribution is -2.37. The molecule has 2 amide bonds. The number of amides is 2. The quantitative estimate of drug-likeness (QED) is 0.832. The molecule has 2 aliphatic rings. The highest BCUT2D eigenvalue weighted by Crippen LogP contribution is 2.38. The molecule has 4 heteroatoms. The normalized spacial score (nSPS) is 20.2. The molecule has 2 aliphatic carbocycles. The zero-order valence-corrected chi connectivity index (χ0v) is 13.4. The molecule has 1 unspecified atom stereocenters. The Balaban J connectivity index is 1.59. The maximum atomic E-state index is 12.1. The van der Waals surface area contributed by atoms with E-state index in [1.807, 2.05) is 30.0 Å². The van der Waals surface area contributed by atoms with Crippen molar-refractivity contribution in [3.8, 4) is 0 Å². The van der Waals surface area contributed by atoms with Gasteiger partial charge in [-0.3, -0.25) is 0 Å². The van der Waals surface area contributed by atoms with Gasteiger partial charge in [0.15, 0.2) is 0 Å². The van der Waals surface area contributed by atoms with Crippen molar-refractivity contribution >= 4 is 23.5 Å². The van der Waals surface area contributed by atoms with Crippen LogP contribution in [0.2, 0.25) is 0 Å². The fraction of sp³-hybridized carbons (Fsp3) is 0.588. The Bertz CT molecular complexity index is 495. The van der Waals surface area contributed by atoms with Gasteiger partial charge in [-0.05, 0) is 50.7 Å². The molecule has 1 aromatic rings. The minimum absolute atomic E-state index is 0.0751. The summed E-state index contributed by atoms with van der Waals surface area (Å²) in [6.07, 6.45) is 7.76. The van der Waals surface area contributed by atoms with Crippen LogP contribution >= 0.6 is 11.8 Å². The van der Waals surface area contributed by atoms with Crippen molar-refractivity contribution in [2.24, 2.45) is 5.92 Å². The van der Waals surface area contributed by atoms with E-state index in [0.29, 0.717) is 11.2 Å². The van der Waals surface area contributed by atoms with E-state index < -0.39 is 0 Å². The second-order valence-electron chi connectivity index (χ2n) is 6.25. The van der Waals surface area contributed by atoms with Crippen molar-refractivity contribution in [3.05, 3.63) is 24.3 Å². The fourth-order valence-corrected chi connectivity index (χ4v) is 4.27. The van der Waals surface area contributed by atoms with Crippen molar-refractivity contribution < 1.29 is 4.79 Å². The number of carbonyl (C=O) groups excluding carboxylic acids is 1. The Hall–Kier alpha value is -1.16. The molecule has 2 saturated carbocycles. The summed E-state index contributed by atoms with van der Waals surface area (Å²) in [5.74, 6) is 0.679. The molecule has 0 heterocycles. The molecule has 3 rings (SSSR count). The van der Waals surface area contributed by atoms with Crippen LogP contribution in [-0.4, -0.2) is 17.3 Å². The van der Waals surface area contributed by atoms with Crippen LogP contribution < -0.4 is 10.6 Å². The molecule has 114 valence electrons. The summed E-state index contributed by atoms with van der Waals surface area (Å²) < 4.78 is 0. The van der Waals surface area contributed by atoms with E-state index in [0.717, 1.165) is 5.69 Å². The number of nitrogens with one attached hydrogen (secondary N) is 2. The molecule has 1 aromatic carbocycles.